The molecule has 2 aromatic rings. The number of rotatable bonds is 8. The summed E-state index contributed by atoms with van der Waals surface area (Å²) in [5.74, 6) is 0.647. The smallest absolute Gasteiger partial charge is 0.280 e. The van der Waals surface area contributed by atoms with Crippen molar-refractivity contribution in [2.75, 3.05) is 0 Å². The highest BCUT2D eigenvalue weighted by atomic mass is 16.6. The summed E-state index contributed by atoms with van der Waals surface area (Å²) in [7, 11) is 0. The summed E-state index contributed by atoms with van der Waals surface area (Å²) in [5.41, 5.74) is 3.93. The summed E-state index contributed by atoms with van der Waals surface area (Å²) in [6.45, 7) is 19.4. The summed E-state index contributed by atoms with van der Waals surface area (Å²) in [4.78, 5) is 22.3. The lowest BCUT2D eigenvalue weighted by Crippen LogP contribution is -1.94. The Labute approximate surface area is 158 Å². The maximum absolute atomic E-state index is 11.4. The van der Waals surface area contributed by atoms with Gasteiger partial charge >= 0.3 is 0 Å². The monoisotopic (exact) mass is 362 g/mol. The summed E-state index contributed by atoms with van der Waals surface area (Å²) in [6, 6.07) is 4.85. The van der Waals surface area contributed by atoms with Crippen LogP contribution in [0.4, 0.5) is 11.5 Å². The van der Waals surface area contributed by atoms with Gasteiger partial charge in [0.05, 0.1) is 16.2 Å². The van der Waals surface area contributed by atoms with Crippen LogP contribution in [0.25, 0.3) is 17.0 Å². The van der Waals surface area contributed by atoms with Gasteiger partial charge in [0.25, 0.3) is 5.69 Å². The number of aromatic nitrogens is 2. The molecule has 0 atom stereocenters. The molecular weight excluding hydrogens is 340 g/mol. The number of aryl methyl sites for hydroxylation is 1. The van der Waals surface area contributed by atoms with Crippen molar-refractivity contribution in [3.05, 3.63) is 82.6 Å². The maximum atomic E-state index is 11.4. The molecule has 0 aliphatic carbocycles. The number of allylic oxidation sites excluding steroid dienone is 5. The van der Waals surface area contributed by atoms with Gasteiger partial charge < -0.3 is 4.98 Å². The van der Waals surface area contributed by atoms with Crippen LogP contribution in [0.5, 0.6) is 0 Å². The van der Waals surface area contributed by atoms with Gasteiger partial charge in [-0.15, -0.1) is 0 Å². The summed E-state index contributed by atoms with van der Waals surface area (Å²) in [6.07, 6.45) is 4.52. The van der Waals surface area contributed by atoms with Crippen LogP contribution in [0.2, 0.25) is 0 Å². The minimum Gasteiger partial charge on any atom is -0.336 e. The van der Waals surface area contributed by atoms with Gasteiger partial charge in [-0.05, 0) is 37.3 Å². The number of aromatic amines is 1. The third-order valence-corrected chi connectivity index (χ3v) is 4.10. The highest BCUT2D eigenvalue weighted by Gasteiger charge is 2.21. The number of aliphatic imine (C=N–C) groups is 1. The molecule has 0 fully saturated rings. The molecule has 1 N–H and O–H groups in total. The first kappa shape index (κ1) is 19.8. The second kappa shape index (κ2) is 8.23. The van der Waals surface area contributed by atoms with Gasteiger partial charge in [-0.3, -0.25) is 10.1 Å². The van der Waals surface area contributed by atoms with Gasteiger partial charge in [-0.1, -0.05) is 50.5 Å². The van der Waals surface area contributed by atoms with Crippen LogP contribution in [0.3, 0.4) is 0 Å². The molecule has 1 aromatic heterocycles. The highest BCUT2D eigenvalue weighted by molar-refractivity contribution is 5.84. The molecule has 2 rings (SSSR count). The molecule has 0 amide bonds. The molecule has 0 radical (unpaired) electrons. The van der Waals surface area contributed by atoms with Gasteiger partial charge in [0, 0.05) is 11.6 Å². The third kappa shape index (κ3) is 4.36. The van der Waals surface area contributed by atoms with Crippen molar-refractivity contribution in [2.45, 2.75) is 20.3 Å². The van der Waals surface area contributed by atoms with Gasteiger partial charge in [-0.25, -0.2) is 9.98 Å². The van der Waals surface area contributed by atoms with Crippen molar-refractivity contribution >= 4 is 23.8 Å². The Morgan fingerprint density at radius 1 is 1.33 bits per heavy atom. The lowest BCUT2D eigenvalue weighted by molar-refractivity contribution is -0.384. The molecule has 1 heterocycles. The molecule has 0 unspecified atom stereocenters. The van der Waals surface area contributed by atoms with Gasteiger partial charge in [-0.2, -0.15) is 0 Å². The van der Waals surface area contributed by atoms with E-state index >= 15 is 0 Å². The summed E-state index contributed by atoms with van der Waals surface area (Å²) >= 11 is 0. The minimum absolute atomic E-state index is 0.0416. The Kier molecular flexibility index (Phi) is 6.03. The van der Waals surface area contributed by atoms with Crippen molar-refractivity contribution in [3.8, 4) is 11.4 Å². The predicted molar refractivity (Wildman–Crippen MR) is 111 cm³/mol. The number of nitro benzene ring substituents is 1. The minimum atomic E-state index is -0.440. The summed E-state index contributed by atoms with van der Waals surface area (Å²) in [5, 5.41) is 11.4. The van der Waals surface area contributed by atoms with E-state index in [-0.39, 0.29) is 5.69 Å². The Bertz CT molecular complexity index is 980. The van der Waals surface area contributed by atoms with E-state index in [0.717, 1.165) is 17.6 Å². The lowest BCUT2D eigenvalue weighted by atomic mass is 10.0. The fraction of sp³-hybridized carbons (Fsp3) is 0.143. The molecule has 6 heteroatoms. The second-order valence-electron chi connectivity index (χ2n) is 6.07. The molecule has 0 aliphatic heterocycles. The Balaban J connectivity index is 2.49. The first-order chi connectivity index (χ1) is 12.8. The molecule has 0 spiro atoms. The number of nitrogens with zero attached hydrogens (tertiary/aromatic N) is 3. The van der Waals surface area contributed by atoms with E-state index in [4.69, 9.17) is 0 Å². The number of hydrogen-bond donors (Lipinski definition) is 1. The van der Waals surface area contributed by atoms with E-state index in [1.165, 1.54) is 6.07 Å². The molecule has 6 nitrogen and oxygen atoms in total. The van der Waals surface area contributed by atoms with E-state index in [9.17, 15) is 10.1 Å². The van der Waals surface area contributed by atoms with Crippen molar-refractivity contribution in [1.82, 2.24) is 9.97 Å². The van der Waals surface area contributed by atoms with Crippen LogP contribution in [-0.4, -0.2) is 21.6 Å². The Morgan fingerprint density at radius 3 is 2.63 bits per heavy atom. The average molecular weight is 362 g/mol. The van der Waals surface area contributed by atoms with Crippen molar-refractivity contribution in [1.29, 1.82) is 0 Å². The van der Waals surface area contributed by atoms with Crippen LogP contribution in [0.1, 0.15) is 24.6 Å². The van der Waals surface area contributed by atoms with Crippen LogP contribution in [0, 0.1) is 17.0 Å². The standard InChI is InChI=1S/C21H22N4O2/c1-7-13(2)8-10-15(4)16(5)19-21(22-6)24-20(23-19)17-12-14(3)9-11-18(17)25(26)27/h8-12H,2,4-7H2,1,3H3,(H,23,24)/b10-8-. The number of nitro groups is 1. The Hall–Kier alpha value is -3.54. The van der Waals surface area contributed by atoms with Gasteiger partial charge in [0.1, 0.15) is 5.82 Å². The van der Waals surface area contributed by atoms with Crippen LogP contribution in [-0.2, 0) is 0 Å². The molecule has 0 bridgehead atoms. The highest BCUT2D eigenvalue weighted by Crippen LogP contribution is 2.34. The van der Waals surface area contributed by atoms with E-state index in [1.807, 2.05) is 26.0 Å². The summed E-state index contributed by atoms with van der Waals surface area (Å²) < 4.78 is 0. The van der Waals surface area contributed by atoms with E-state index in [2.05, 4.69) is 41.4 Å². The fourth-order valence-corrected chi connectivity index (χ4v) is 2.41. The van der Waals surface area contributed by atoms with Gasteiger partial charge in [0.2, 0.25) is 0 Å². The first-order valence-electron chi connectivity index (χ1n) is 8.35. The van der Waals surface area contributed by atoms with Crippen molar-refractivity contribution in [2.24, 2.45) is 4.99 Å². The largest absolute Gasteiger partial charge is 0.336 e. The van der Waals surface area contributed by atoms with Crippen LogP contribution < -0.4 is 0 Å². The van der Waals surface area contributed by atoms with E-state index in [1.54, 1.807) is 12.1 Å². The quantitative estimate of drug-likeness (QED) is 0.282. The number of imidazole rings is 1. The predicted octanol–water partition coefficient (Wildman–Crippen LogP) is 5.72. The van der Waals surface area contributed by atoms with E-state index in [0.29, 0.717) is 34.0 Å². The molecule has 138 valence electrons. The van der Waals surface area contributed by atoms with Gasteiger partial charge in [0.15, 0.2) is 5.82 Å². The molecule has 0 saturated carbocycles. The van der Waals surface area contributed by atoms with Crippen molar-refractivity contribution in [3.63, 3.8) is 0 Å². The average Bonchev–Trinajstić information content (AvgIpc) is 3.08. The number of nitrogens with one attached hydrogen (secondary N) is 1. The number of H-pyrrole nitrogens is 1. The topological polar surface area (TPSA) is 84.2 Å². The third-order valence-electron chi connectivity index (χ3n) is 4.10. The zero-order chi connectivity index (χ0) is 20.1. The molecule has 0 saturated heterocycles. The van der Waals surface area contributed by atoms with Crippen molar-refractivity contribution < 1.29 is 4.92 Å². The lowest BCUT2D eigenvalue weighted by Gasteiger charge is -2.04. The molecule has 1 aromatic carbocycles. The Morgan fingerprint density at radius 2 is 2.04 bits per heavy atom. The first-order valence-corrected chi connectivity index (χ1v) is 8.35. The molecular formula is C21H22N4O2. The maximum Gasteiger partial charge on any atom is 0.280 e. The molecule has 0 aliphatic rings. The normalized spacial score (nSPS) is 10.7. The van der Waals surface area contributed by atoms with Crippen LogP contribution in [0.15, 0.2) is 66.2 Å². The van der Waals surface area contributed by atoms with Crippen LogP contribution >= 0.6 is 0 Å². The molecule has 27 heavy (non-hydrogen) atoms. The number of hydrogen-bond acceptors (Lipinski definition) is 4. The zero-order valence-electron chi connectivity index (χ0n) is 15.6. The van der Waals surface area contributed by atoms with E-state index < -0.39 is 4.92 Å². The number of benzene rings is 1. The fourth-order valence-electron chi connectivity index (χ4n) is 2.41. The zero-order valence-corrected chi connectivity index (χ0v) is 15.6. The SMILES string of the molecule is C=Nc1nc(-c2cc(C)ccc2[N+](=O)[O-])[nH]c1C(=C)C(=C)/C=C\C(=C)CC. The second-order valence-corrected chi connectivity index (χ2v) is 6.07.